The number of carboxylic acids is 1. The lowest BCUT2D eigenvalue weighted by atomic mass is 9.97. The quantitative estimate of drug-likeness (QED) is 0.690. The summed E-state index contributed by atoms with van der Waals surface area (Å²) >= 11 is 0. The second-order valence-corrected chi connectivity index (χ2v) is 4.95. The van der Waals surface area contributed by atoms with Crippen molar-refractivity contribution < 1.29 is 14.6 Å². The van der Waals surface area contributed by atoms with E-state index in [0.29, 0.717) is 17.9 Å². The van der Waals surface area contributed by atoms with Crippen LogP contribution in [0.4, 0.5) is 0 Å². The summed E-state index contributed by atoms with van der Waals surface area (Å²) in [6, 6.07) is 13.0. The average molecular weight is 296 g/mol. The highest BCUT2D eigenvalue weighted by Gasteiger charge is 2.20. The topological polar surface area (TPSA) is 88.3 Å². The van der Waals surface area contributed by atoms with Crippen molar-refractivity contribution in [3.05, 3.63) is 53.7 Å². The van der Waals surface area contributed by atoms with Gasteiger partial charge in [0.2, 0.25) is 0 Å². The number of nitrogens with one attached hydrogen (secondary N) is 1. The van der Waals surface area contributed by atoms with Gasteiger partial charge in [-0.05, 0) is 23.3 Å². The maximum absolute atomic E-state index is 11.6. The fourth-order valence-corrected chi connectivity index (χ4v) is 2.69. The van der Waals surface area contributed by atoms with Crippen LogP contribution in [0.5, 0.6) is 5.75 Å². The minimum absolute atomic E-state index is 0.157. The Hall–Kier alpha value is -2.79. The monoisotopic (exact) mass is 296 g/mol. The van der Waals surface area contributed by atoms with Gasteiger partial charge < -0.3 is 20.6 Å². The number of aromatic nitrogens is 1. The first-order valence-corrected chi connectivity index (χ1v) is 6.87. The van der Waals surface area contributed by atoms with Crippen LogP contribution in [0, 0.1) is 0 Å². The maximum Gasteiger partial charge on any atom is 0.352 e. The van der Waals surface area contributed by atoms with Gasteiger partial charge in [-0.3, -0.25) is 0 Å². The summed E-state index contributed by atoms with van der Waals surface area (Å²) in [5, 5.41) is 10.4. The number of carbonyl (C=O) groups is 1. The molecule has 1 aromatic heterocycles. The van der Waals surface area contributed by atoms with Gasteiger partial charge in [-0.15, -0.1) is 0 Å². The Bertz CT molecular complexity index is 852. The Labute approximate surface area is 127 Å². The smallest absolute Gasteiger partial charge is 0.352 e. The van der Waals surface area contributed by atoms with Crippen LogP contribution >= 0.6 is 0 Å². The zero-order valence-electron chi connectivity index (χ0n) is 12.1. The third-order valence-electron chi connectivity index (χ3n) is 3.73. The van der Waals surface area contributed by atoms with E-state index in [0.717, 1.165) is 22.0 Å². The third kappa shape index (κ3) is 2.21. The SMILES string of the molecule is COc1ccc2c(-c3ccccc3CN)c(C(=O)O)[nH]c2c1. The van der Waals surface area contributed by atoms with E-state index < -0.39 is 5.97 Å². The van der Waals surface area contributed by atoms with Gasteiger partial charge in [0.1, 0.15) is 11.4 Å². The normalized spacial score (nSPS) is 10.8. The Morgan fingerprint density at radius 1 is 1.27 bits per heavy atom. The molecule has 3 aromatic rings. The van der Waals surface area contributed by atoms with Gasteiger partial charge >= 0.3 is 5.97 Å². The Morgan fingerprint density at radius 3 is 2.73 bits per heavy atom. The number of hydrogen-bond acceptors (Lipinski definition) is 3. The molecule has 1 heterocycles. The summed E-state index contributed by atoms with van der Waals surface area (Å²) in [6.45, 7) is 0.345. The van der Waals surface area contributed by atoms with Crippen LogP contribution in [-0.4, -0.2) is 23.2 Å². The third-order valence-corrected chi connectivity index (χ3v) is 3.73. The van der Waals surface area contributed by atoms with Crippen LogP contribution < -0.4 is 10.5 Å². The van der Waals surface area contributed by atoms with Crippen LogP contribution in [0.25, 0.3) is 22.0 Å². The van der Waals surface area contributed by atoms with Crippen molar-refractivity contribution in [2.75, 3.05) is 7.11 Å². The number of carboxylic acid groups (broad SMARTS) is 1. The van der Waals surface area contributed by atoms with Gasteiger partial charge in [-0.25, -0.2) is 4.79 Å². The van der Waals surface area contributed by atoms with Crippen molar-refractivity contribution in [3.8, 4) is 16.9 Å². The lowest BCUT2D eigenvalue weighted by molar-refractivity contribution is 0.0692. The zero-order valence-corrected chi connectivity index (χ0v) is 12.1. The molecule has 2 aromatic carbocycles. The van der Waals surface area contributed by atoms with E-state index in [1.54, 1.807) is 13.2 Å². The van der Waals surface area contributed by atoms with E-state index in [9.17, 15) is 9.90 Å². The summed E-state index contributed by atoms with van der Waals surface area (Å²) in [5.74, 6) is -0.332. The second kappa shape index (κ2) is 5.54. The molecular formula is C17H16N2O3. The number of H-pyrrole nitrogens is 1. The first-order chi connectivity index (χ1) is 10.7. The molecule has 0 bridgehead atoms. The number of rotatable bonds is 4. The molecular weight excluding hydrogens is 280 g/mol. The predicted molar refractivity (Wildman–Crippen MR) is 85.1 cm³/mol. The Kier molecular flexibility index (Phi) is 3.56. The fourth-order valence-electron chi connectivity index (χ4n) is 2.69. The molecule has 0 aliphatic heterocycles. The largest absolute Gasteiger partial charge is 0.497 e. The van der Waals surface area contributed by atoms with E-state index >= 15 is 0 Å². The van der Waals surface area contributed by atoms with E-state index in [-0.39, 0.29) is 5.69 Å². The second-order valence-electron chi connectivity index (χ2n) is 4.95. The molecule has 0 fully saturated rings. The molecule has 0 spiro atoms. The molecule has 22 heavy (non-hydrogen) atoms. The lowest BCUT2D eigenvalue weighted by Crippen LogP contribution is -2.02. The van der Waals surface area contributed by atoms with Crippen molar-refractivity contribution >= 4 is 16.9 Å². The van der Waals surface area contributed by atoms with Crippen LogP contribution in [0.2, 0.25) is 0 Å². The minimum Gasteiger partial charge on any atom is -0.497 e. The molecule has 0 aliphatic rings. The van der Waals surface area contributed by atoms with Gasteiger partial charge in [0.15, 0.2) is 0 Å². The van der Waals surface area contributed by atoms with E-state index in [1.807, 2.05) is 36.4 Å². The van der Waals surface area contributed by atoms with E-state index in [2.05, 4.69) is 4.98 Å². The summed E-state index contributed by atoms with van der Waals surface area (Å²) in [5.41, 5.74) is 9.07. The van der Waals surface area contributed by atoms with Crippen molar-refractivity contribution in [2.24, 2.45) is 5.73 Å². The molecule has 0 saturated carbocycles. The van der Waals surface area contributed by atoms with Gasteiger partial charge in [-0.2, -0.15) is 0 Å². The molecule has 0 unspecified atom stereocenters. The van der Waals surface area contributed by atoms with Crippen LogP contribution in [0.3, 0.4) is 0 Å². The number of methoxy groups -OCH3 is 1. The van der Waals surface area contributed by atoms with Crippen LogP contribution in [0.1, 0.15) is 16.1 Å². The predicted octanol–water partition coefficient (Wildman–Crippen LogP) is 3.00. The molecule has 3 rings (SSSR count). The molecule has 5 heteroatoms. The minimum atomic E-state index is -1.00. The number of fused-ring (bicyclic) bond motifs is 1. The summed E-state index contributed by atoms with van der Waals surface area (Å²) in [6.07, 6.45) is 0. The average Bonchev–Trinajstić information content (AvgIpc) is 2.93. The highest BCUT2D eigenvalue weighted by molar-refractivity contribution is 6.08. The van der Waals surface area contributed by atoms with Gasteiger partial charge in [0.25, 0.3) is 0 Å². The van der Waals surface area contributed by atoms with Gasteiger partial charge in [0.05, 0.1) is 12.6 Å². The van der Waals surface area contributed by atoms with Gasteiger partial charge in [0, 0.05) is 23.6 Å². The fraction of sp³-hybridized carbons (Fsp3) is 0.118. The highest BCUT2D eigenvalue weighted by atomic mass is 16.5. The van der Waals surface area contributed by atoms with E-state index in [1.165, 1.54) is 0 Å². The van der Waals surface area contributed by atoms with Crippen molar-refractivity contribution in [3.63, 3.8) is 0 Å². The van der Waals surface area contributed by atoms with E-state index in [4.69, 9.17) is 10.5 Å². The molecule has 5 nitrogen and oxygen atoms in total. The molecule has 0 saturated heterocycles. The Morgan fingerprint density at radius 2 is 2.05 bits per heavy atom. The summed E-state index contributed by atoms with van der Waals surface area (Å²) < 4.78 is 5.20. The summed E-state index contributed by atoms with van der Waals surface area (Å²) in [7, 11) is 1.58. The molecule has 0 atom stereocenters. The number of hydrogen-bond donors (Lipinski definition) is 3. The van der Waals surface area contributed by atoms with Crippen molar-refractivity contribution in [1.82, 2.24) is 4.98 Å². The molecule has 112 valence electrons. The number of ether oxygens (including phenoxy) is 1. The Balaban J connectivity index is 2.35. The highest BCUT2D eigenvalue weighted by Crippen LogP contribution is 2.36. The molecule has 0 radical (unpaired) electrons. The first-order valence-electron chi connectivity index (χ1n) is 6.87. The maximum atomic E-state index is 11.6. The number of benzene rings is 2. The van der Waals surface area contributed by atoms with Crippen LogP contribution in [-0.2, 0) is 6.54 Å². The van der Waals surface area contributed by atoms with Crippen LogP contribution in [0.15, 0.2) is 42.5 Å². The van der Waals surface area contributed by atoms with Crippen molar-refractivity contribution in [1.29, 1.82) is 0 Å². The number of aromatic carboxylic acids is 1. The van der Waals surface area contributed by atoms with Gasteiger partial charge in [-0.1, -0.05) is 24.3 Å². The zero-order chi connectivity index (χ0) is 15.7. The lowest BCUT2D eigenvalue weighted by Gasteiger charge is -2.08. The first kappa shape index (κ1) is 14.2. The molecule has 0 aliphatic carbocycles. The van der Waals surface area contributed by atoms with Crippen molar-refractivity contribution in [2.45, 2.75) is 6.54 Å². The molecule has 0 amide bonds. The molecule has 4 N–H and O–H groups in total. The standard InChI is InChI=1S/C17H16N2O3/c1-22-11-6-7-13-14(8-11)19-16(17(20)21)15(13)12-5-3-2-4-10(12)9-18/h2-8,19H,9,18H2,1H3,(H,20,21). The number of nitrogens with two attached hydrogens (primary N) is 1. The number of aromatic amines is 1. The summed E-state index contributed by atoms with van der Waals surface area (Å²) in [4.78, 5) is 14.6.